The SMILES string of the molecule is C=C(C)C(=O)OCCCCCC(C)(CCCCOC(=O)C(=C)C)C(=O)O.C=C(C)C(=O)OCCCCOCC(C)C(=O)OCCCCOC(=O)C(=C)C. The Hall–Kier alpha value is -4.26. The van der Waals surface area contributed by atoms with Crippen LogP contribution >= 0.6 is 0 Å². The molecule has 2 atom stereocenters. The Morgan fingerprint density at radius 2 is 0.811 bits per heavy atom. The standard InChI is InChI=1S/C20H32O7.C20H32O6/c1-15(2)18(21)25-11-7-6-10-24-14-17(5)20(23)27-13-9-8-12-26-19(22)16(3)4;1-15(2)17(21)25-13-9-6-7-11-20(5,19(23)24)12-8-10-14-26-18(22)16(3)4/h17H,1,3,6-14H2,2,4-5H3;1,3,6-14H2,2,4-5H3,(H,23,24). The number of ether oxygens (including phenoxy) is 6. The molecule has 0 radical (unpaired) electrons. The summed E-state index contributed by atoms with van der Waals surface area (Å²) in [5.74, 6) is -3.10. The lowest BCUT2D eigenvalue weighted by Gasteiger charge is -2.24. The maximum Gasteiger partial charge on any atom is 0.333 e. The second kappa shape index (κ2) is 30.2. The van der Waals surface area contributed by atoms with Crippen LogP contribution in [0.15, 0.2) is 48.6 Å². The first-order valence-electron chi connectivity index (χ1n) is 18.1. The topological polar surface area (TPSA) is 178 Å². The van der Waals surface area contributed by atoms with Gasteiger partial charge in [-0.25, -0.2) is 19.2 Å². The van der Waals surface area contributed by atoms with Crippen LogP contribution in [0.1, 0.15) is 112 Å². The number of unbranched alkanes of at least 4 members (excludes halogenated alkanes) is 5. The van der Waals surface area contributed by atoms with E-state index >= 15 is 0 Å². The molecule has 0 aliphatic heterocycles. The second-order valence-corrected chi connectivity index (χ2v) is 13.4. The molecule has 53 heavy (non-hydrogen) atoms. The molecule has 0 aromatic carbocycles. The lowest BCUT2D eigenvalue weighted by Crippen LogP contribution is -2.27. The molecule has 13 nitrogen and oxygen atoms in total. The maximum absolute atomic E-state index is 11.8. The summed E-state index contributed by atoms with van der Waals surface area (Å²) in [5.41, 5.74) is 0.675. The first kappa shape index (κ1) is 50.8. The highest BCUT2D eigenvalue weighted by Gasteiger charge is 2.31. The molecule has 0 amide bonds. The number of carboxylic acid groups (broad SMARTS) is 1. The van der Waals surface area contributed by atoms with Crippen LogP contribution in [0.5, 0.6) is 0 Å². The van der Waals surface area contributed by atoms with Crippen LogP contribution in [0.2, 0.25) is 0 Å². The molecule has 0 aromatic heterocycles. The molecule has 302 valence electrons. The van der Waals surface area contributed by atoms with Crippen LogP contribution in [-0.2, 0) is 57.2 Å². The fourth-order valence-corrected chi connectivity index (χ4v) is 4.06. The van der Waals surface area contributed by atoms with Crippen LogP contribution in [0.4, 0.5) is 0 Å². The molecule has 0 bridgehead atoms. The highest BCUT2D eigenvalue weighted by Crippen LogP contribution is 2.31. The van der Waals surface area contributed by atoms with E-state index in [0.29, 0.717) is 93.5 Å². The van der Waals surface area contributed by atoms with E-state index < -0.39 is 29.3 Å². The Bertz CT molecular complexity index is 1220. The molecule has 0 saturated heterocycles. The maximum atomic E-state index is 11.8. The summed E-state index contributed by atoms with van der Waals surface area (Å²) in [7, 11) is 0. The number of rotatable bonds is 29. The van der Waals surface area contributed by atoms with Crippen molar-refractivity contribution in [3.8, 4) is 0 Å². The molecule has 0 aromatic rings. The highest BCUT2D eigenvalue weighted by molar-refractivity contribution is 5.88. The van der Waals surface area contributed by atoms with Crippen LogP contribution < -0.4 is 0 Å². The Labute approximate surface area is 316 Å². The third-order valence-electron chi connectivity index (χ3n) is 7.57. The van der Waals surface area contributed by atoms with Gasteiger partial charge in [-0.3, -0.25) is 9.59 Å². The predicted molar refractivity (Wildman–Crippen MR) is 201 cm³/mol. The molecule has 0 rings (SSSR count). The quantitative estimate of drug-likeness (QED) is 0.0357. The van der Waals surface area contributed by atoms with Gasteiger partial charge in [0, 0.05) is 28.9 Å². The Kier molecular flexibility index (Phi) is 29.0. The number of carbonyl (C=O) groups is 6. The molecule has 0 aliphatic carbocycles. The van der Waals surface area contributed by atoms with Gasteiger partial charge < -0.3 is 33.5 Å². The van der Waals surface area contributed by atoms with Crippen molar-refractivity contribution in [3.63, 3.8) is 0 Å². The third-order valence-corrected chi connectivity index (χ3v) is 7.57. The molecule has 0 fully saturated rings. The van der Waals surface area contributed by atoms with Crippen LogP contribution in [-0.4, -0.2) is 87.2 Å². The zero-order valence-electron chi connectivity index (χ0n) is 33.0. The normalized spacial score (nSPS) is 12.0. The summed E-state index contributed by atoms with van der Waals surface area (Å²) in [6, 6.07) is 0. The van der Waals surface area contributed by atoms with Crippen molar-refractivity contribution < 1.29 is 62.3 Å². The van der Waals surface area contributed by atoms with Crippen molar-refractivity contribution in [3.05, 3.63) is 48.6 Å². The Morgan fingerprint density at radius 1 is 0.509 bits per heavy atom. The van der Waals surface area contributed by atoms with Crippen LogP contribution in [0.25, 0.3) is 0 Å². The van der Waals surface area contributed by atoms with Crippen molar-refractivity contribution in [1.82, 2.24) is 0 Å². The van der Waals surface area contributed by atoms with Gasteiger partial charge in [-0.2, -0.15) is 0 Å². The zero-order chi connectivity index (χ0) is 40.8. The largest absolute Gasteiger partial charge is 0.481 e. The molecule has 0 spiro atoms. The molecule has 0 saturated carbocycles. The number of carbonyl (C=O) groups excluding carboxylic acids is 5. The van der Waals surface area contributed by atoms with Gasteiger partial charge in [0.2, 0.25) is 0 Å². The first-order valence-corrected chi connectivity index (χ1v) is 18.1. The van der Waals surface area contributed by atoms with Crippen molar-refractivity contribution >= 4 is 35.8 Å². The summed E-state index contributed by atoms with van der Waals surface area (Å²) in [6.07, 6.45) is 7.27. The number of hydrogen-bond donors (Lipinski definition) is 1. The average Bonchev–Trinajstić information content (AvgIpc) is 3.09. The molecule has 0 aliphatic rings. The van der Waals surface area contributed by atoms with Crippen molar-refractivity contribution in [2.24, 2.45) is 11.3 Å². The minimum atomic E-state index is -0.815. The van der Waals surface area contributed by atoms with Gasteiger partial charge in [0.15, 0.2) is 0 Å². The predicted octanol–water partition coefficient (Wildman–Crippen LogP) is 7.03. The van der Waals surface area contributed by atoms with Crippen molar-refractivity contribution in [2.75, 3.05) is 46.2 Å². The summed E-state index contributed by atoms with van der Waals surface area (Å²) < 4.78 is 30.5. The summed E-state index contributed by atoms with van der Waals surface area (Å²) in [5, 5.41) is 9.51. The van der Waals surface area contributed by atoms with Gasteiger partial charge in [0.1, 0.15) is 0 Å². The number of carboxylic acids is 1. The molecule has 2 unspecified atom stereocenters. The van der Waals surface area contributed by atoms with Gasteiger partial charge in [-0.1, -0.05) is 39.2 Å². The summed E-state index contributed by atoms with van der Waals surface area (Å²) >= 11 is 0. The highest BCUT2D eigenvalue weighted by atomic mass is 16.6. The van der Waals surface area contributed by atoms with E-state index in [1.807, 2.05) is 0 Å². The van der Waals surface area contributed by atoms with Gasteiger partial charge >= 0.3 is 35.8 Å². The van der Waals surface area contributed by atoms with E-state index in [-0.39, 0.29) is 44.3 Å². The number of hydrogen-bond acceptors (Lipinski definition) is 12. The smallest absolute Gasteiger partial charge is 0.333 e. The second-order valence-electron chi connectivity index (χ2n) is 13.4. The molecule has 13 heteroatoms. The van der Waals surface area contributed by atoms with Gasteiger partial charge in [0.05, 0.1) is 51.0 Å². The van der Waals surface area contributed by atoms with E-state index in [1.165, 1.54) is 0 Å². The monoisotopic (exact) mass is 752 g/mol. The van der Waals surface area contributed by atoms with E-state index in [2.05, 4.69) is 26.3 Å². The van der Waals surface area contributed by atoms with Gasteiger partial charge in [0.25, 0.3) is 0 Å². The number of esters is 5. The van der Waals surface area contributed by atoms with Crippen molar-refractivity contribution in [2.45, 2.75) is 112 Å². The van der Waals surface area contributed by atoms with Crippen molar-refractivity contribution in [1.29, 1.82) is 0 Å². The Morgan fingerprint density at radius 3 is 1.17 bits per heavy atom. The van der Waals surface area contributed by atoms with E-state index in [9.17, 15) is 33.9 Å². The van der Waals surface area contributed by atoms with E-state index in [4.69, 9.17) is 28.4 Å². The summed E-state index contributed by atoms with van der Waals surface area (Å²) in [4.78, 5) is 68.2. The average molecular weight is 753 g/mol. The fraction of sp³-hybridized carbons (Fsp3) is 0.650. The minimum Gasteiger partial charge on any atom is -0.481 e. The van der Waals surface area contributed by atoms with Crippen LogP contribution in [0.3, 0.4) is 0 Å². The van der Waals surface area contributed by atoms with Gasteiger partial charge in [-0.15, -0.1) is 0 Å². The number of aliphatic carboxylic acids is 1. The summed E-state index contributed by atoms with van der Waals surface area (Å²) in [6.45, 7) is 26.1. The minimum absolute atomic E-state index is 0.273. The lowest BCUT2D eigenvalue weighted by atomic mass is 9.80. The molecular formula is C40H64O13. The zero-order valence-corrected chi connectivity index (χ0v) is 33.0. The molecule has 0 heterocycles. The molecule has 1 N–H and O–H groups in total. The van der Waals surface area contributed by atoms with E-state index in [1.54, 1.807) is 41.5 Å². The van der Waals surface area contributed by atoms with Crippen LogP contribution in [0, 0.1) is 11.3 Å². The Balaban J connectivity index is 0. The first-order chi connectivity index (χ1) is 24.8. The molecular weight excluding hydrogens is 688 g/mol. The van der Waals surface area contributed by atoms with Gasteiger partial charge in [-0.05, 0) is 99.3 Å². The lowest BCUT2D eigenvalue weighted by molar-refractivity contribution is -0.151. The fourth-order valence-electron chi connectivity index (χ4n) is 4.06. The third kappa shape index (κ3) is 28.0. The van der Waals surface area contributed by atoms with E-state index in [0.717, 1.165) is 19.3 Å².